The van der Waals surface area contributed by atoms with Gasteiger partial charge < -0.3 is 9.80 Å². The summed E-state index contributed by atoms with van der Waals surface area (Å²) in [6.45, 7) is 19.0. The molecule has 2 saturated heterocycles. The van der Waals surface area contributed by atoms with E-state index in [0.717, 1.165) is 13.1 Å². The van der Waals surface area contributed by atoms with E-state index in [9.17, 15) is 9.59 Å². The summed E-state index contributed by atoms with van der Waals surface area (Å²) < 4.78 is 0. The average Bonchev–Trinajstić information content (AvgIpc) is 2.55. The molecule has 28 heavy (non-hydrogen) atoms. The first-order valence-electron chi connectivity index (χ1n) is 10.4. The monoisotopic (exact) mass is 385 g/mol. The van der Waals surface area contributed by atoms with Crippen molar-refractivity contribution < 1.29 is 9.59 Å². The number of pyridine rings is 1. The zero-order chi connectivity index (χ0) is 21.0. The lowest BCUT2D eigenvalue weighted by atomic mass is 9.69. The van der Waals surface area contributed by atoms with E-state index >= 15 is 0 Å². The van der Waals surface area contributed by atoms with Crippen molar-refractivity contribution in [1.29, 1.82) is 0 Å². The summed E-state index contributed by atoms with van der Waals surface area (Å²) in [5.41, 5.74) is 1.25. The van der Waals surface area contributed by atoms with E-state index in [1.165, 1.54) is 0 Å². The minimum atomic E-state index is -0.0397. The van der Waals surface area contributed by atoms with Gasteiger partial charge in [0.1, 0.15) is 5.69 Å². The maximum Gasteiger partial charge on any atom is 0.272 e. The summed E-state index contributed by atoms with van der Waals surface area (Å²) in [7, 11) is 0. The Morgan fingerprint density at radius 3 is 1.71 bits per heavy atom. The topological polar surface area (TPSA) is 53.5 Å². The molecule has 0 radical (unpaired) electrons. The molecule has 154 valence electrons. The van der Waals surface area contributed by atoms with Crippen LogP contribution in [0, 0.1) is 22.7 Å². The summed E-state index contributed by atoms with van der Waals surface area (Å²) in [6.07, 6.45) is 1.56. The molecule has 0 spiro atoms. The average molecular weight is 386 g/mol. The van der Waals surface area contributed by atoms with Crippen LogP contribution in [-0.4, -0.2) is 51.8 Å². The highest BCUT2D eigenvalue weighted by molar-refractivity contribution is 5.97. The van der Waals surface area contributed by atoms with E-state index in [-0.39, 0.29) is 34.7 Å². The van der Waals surface area contributed by atoms with Crippen molar-refractivity contribution in [3.63, 3.8) is 0 Å². The Kier molecular flexibility index (Phi) is 5.10. The van der Waals surface area contributed by atoms with Gasteiger partial charge in [-0.15, -0.1) is 0 Å². The Hall–Kier alpha value is -1.91. The third kappa shape index (κ3) is 3.33. The van der Waals surface area contributed by atoms with Crippen molar-refractivity contribution in [2.75, 3.05) is 13.1 Å². The van der Waals surface area contributed by atoms with Crippen molar-refractivity contribution in [3.05, 3.63) is 29.6 Å². The smallest absolute Gasteiger partial charge is 0.272 e. The van der Waals surface area contributed by atoms with Gasteiger partial charge in [0.05, 0.1) is 5.56 Å². The van der Waals surface area contributed by atoms with Gasteiger partial charge in [-0.05, 0) is 24.0 Å². The first-order chi connectivity index (χ1) is 12.9. The molecule has 0 aromatic carbocycles. The van der Waals surface area contributed by atoms with Gasteiger partial charge in [-0.25, -0.2) is 0 Å². The van der Waals surface area contributed by atoms with Crippen LogP contribution < -0.4 is 0 Å². The number of aromatic nitrogens is 1. The molecule has 1 aromatic heterocycles. The van der Waals surface area contributed by atoms with Crippen LogP contribution in [-0.2, 0) is 0 Å². The van der Waals surface area contributed by atoms with Crippen LogP contribution in [0.5, 0.6) is 0 Å². The van der Waals surface area contributed by atoms with Crippen LogP contribution in [0.3, 0.4) is 0 Å². The molecule has 3 rings (SSSR count). The highest BCUT2D eigenvalue weighted by Crippen LogP contribution is 2.43. The van der Waals surface area contributed by atoms with Crippen LogP contribution in [0.25, 0.3) is 0 Å². The largest absolute Gasteiger partial charge is 0.334 e. The fraction of sp³-hybridized carbons (Fsp3) is 0.696. The molecule has 3 heterocycles. The van der Waals surface area contributed by atoms with Crippen molar-refractivity contribution >= 4 is 11.8 Å². The van der Waals surface area contributed by atoms with Crippen LogP contribution in [0.15, 0.2) is 18.3 Å². The quantitative estimate of drug-likeness (QED) is 0.784. The van der Waals surface area contributed by atoms with Gasteiger partial charge >= 0.3 is 0 Å². The molecular formula is C23H35N3O2. The number of rotatable bonds is 4. The molecule has 5 nitrogen and oxygen atoms in total. The summed E-state index contributed by atoms with van der Waals surface area (Å²) in [5.74, 6) is 0.775. The third-order valence-electron chi connectivity index (χ3n) is 6.44. The van der Waals surface area contributed by atoms with Crippen molar-refractivity contribution in [1.82, 2.24) is 14.8 Å². The second-order valence-electron chi connectivity index (χ2n) is 10.7. The van der Waals surface area contributed by atoms with Crippen molar-refractivity contribution in [3.8, 4) is 0 Å². The highest BCUT2D eigenvalue weighted by Gasteiger charge is 2.50. The Bertz CT molecular complexity index is 700. The molecule has 1 aromatic rings. The summed E-state index contributed by atoms with van der Waals surface area (Å²) in [5, 5.41) is 0. The number of likely N-dealkylation sites (tertiary alicyclic amines) is 2. The van der Waals surface area contributed by atoms with Crippen LogP contribution in [0.2, 0.25) is 0 Å². The van der Waals surface area contributed by atoms with Crippen molar-refractivity contribution in [2.24, 2.45) is 22.7 Å². The van der Waals surface area contributed by atoms with E-state index in [4.69, 9.17) is 0 Å². The van der Waals surface area contributed by atoms with Gasteiger partial charge in [0.25, 0.3) is 11.8 Å². The number of nitrogens with zero attached hydrogens (tertiary/aromatic N) is 3. The number of carbonyl (C=O) groups is 2. The Morgan fingerprint density at radius 1 is 0.893 bits per heavy atom. The number of amides is 2. The van der Waals surface area contributed by atoms with Gasteiger partial charge in [-0.3, -0.25) is 14.6 Å². The Balaban J connectivity index is 1.72. The predicted molar refractivity (Wildman–Crippen MR) is 111 cm³/mol. The molecule has 0 N–H and O–H groups in total. The molecule has 2 fully saturated rings. The molecule has 0 aliphatic carbocycles. The predicted octanol–water partition coefficient (Wildman–Crippen LogP) is 4.09. The lowest BCUT2D eigenvalue weighted by Crippen LogP contribution is -2.66. The number of carbonyl (C=O) groups excluding carboxylic acids is 2. The second-order valence-corrected chi connectivity index (χ2v) is 10.7. The molecule has 2 aliphatic rings. The molecule has 2 aliphatic heterocycles. The zero-order valence-electron chi connectivity index (χ0n) is 18.6. The van der Waals surface area contributed by atoms with Gasteiger partial charge in [0.15, 0.2) is 0 Å². The van der Waals surface area contributed by atoms with E-state index in [1.54, 1.807) is 18.3 Å². The fourth-order valence-electron chi connectivity index (χ4n) is 5.76. The van der Waals surface area contributed by atoms with Gasteiger partial charge in [-0.1, -0.05) is 55.4 Å². The van der Waals surface area contributed by atoms with E-state index in [1.807, 2.05) is 9.80 Å². The molecule has 2 atom stereocenters. The first-order valence-corrected chi connectivity index (χ1v) is 10.4. The maximum absolute atomic E-state index is 12.9. The molecule has 0 saturated carbocycles. The lowest BCUT2D eigenvalue weighted by molar-refractivity contribution is -0.0525. The van der Waals surface area contributed by atoms with Gasteiger partial charge in [-0.2, -0.15) is 0 Å². The first kappa shape index (κ1) is 20.8. The number of hydrogen-bond donors (Lipinski definition) is 0. The van der Waals surface area contributed by atoms with Crippen LogP contribution >= 0.6 is 0 Å². The molecule has 0 bridgehead atoms. The summed E-state index contributed by atoms with van der Waals surface area (Å²) in [6, 6.07) is 3.91. The Labute approximate surface area is 169 Å². The van der Waals surface area contributed by atoms with E-state index < -0.39 is 0 Å². The highest BCUT2D eigenvalue weighted by atomic mass is 16.2. The summed E-state index contributed by atoms with van der Waals surface area (Å²) >= 11 is 0. The SMILES string of the molecule is CC(C)C1N(C(=O)c2ccc(C(=O)N3CC(C)(C)C3C(C)C)nc2)CC1(C)C. The maximum atomic E-state index is 12.9. The van der Waals surface area contributed by atoms with Gasteiger partial charge in [0, 0.05) is 42.2 Å². The standard InChI is InChI=1S/C23H35N3O2/c1-14(2)18-22(5,6)12-25(18)20(27)16-9-10-17(24-11-16)21(28)26-13-23(7,8)19(26)15(3)4/h9-11,14-15,18-19H,12-13H2,1-8H3. The number of hydrogen-bond acceptors (Lipinski definition) is 3. The van der Waals surface area contributed by atoms with Gasteiger partial charge in [0.2, 0.25) is 0 Å². The van der Waals surface area contributed by atoms with E-state index in [2.05, 4.69) is 60.4 Å². The Morgan fingerprint density at radius 2 is 1.36 bits per heavy atom. The normalized spacial score (nSPS) is 25.5. The lowest BCUT2D eigenvalue weighted by Gasteiger charge is -2.56. The zero-order valence-corrected chi connectivity index (χ0v) is 18.6. The third-order valence-corrected chi connectivity index (χ3v) is 6.44. The molecular weight excluding hydrogens is 350 g/mol. The fourth-order valence-corrected chi connectivity index (χ4v) is 5.76. The van der Waals surface area contributed by atoms with Crippen LogP contribution in [0.1, 0.15) is 76.2 Å². The van der Waals surface area contributed by atoms with E-state index in [0.29, 0.717) is 23.1 Å². The molecule has 5 heteroatoms. The van der Waals surface area contributed by atoms with Crippen LogP contribution in [0.4, 0.5) is 0 Å². The van der Waals surface area contributed by atoms with Crippen molar-refractivity contribution in [2.45, 2.75) is 67.5 Å². The summed E-state index contributed by atoms with van der Waals surface area (Å²) in [4.78, 5) is 34.0. The molecule has 2 unspecified atom stereocenters. The second kappa shape index (κ2) is 6.85. The molecule has 2 amide bonds. The minimum absolute atomic E-state index is 0.00895. The minimum Gasteiger partial charge on any atom is -0.334 e.